The van der Waals surface area contributed by atoms with Crippen LogP contribution in [-0.4, -0.2) is 40.9 Å². The highest BCUT2D eigenvalue weighted by atomic mass is 79.9. The first-order chi connectivity index (χ1) is 12.5. The molecular formula is C17H16BrNO6S. The van der Waals surface area contributed by atoms with E-state index in [2.05, 4.69) is 20.7 Å². The minimum absolute atomic E-state index is 0.0809. The number of fused-ring (bicyclic) bond motifs is 2. The predicted octanol–water partition coefficient (Wildman–Crippen LogP) is 2.34. The fourth-order valence-corrected chi connectivity index (χ4v) is 4.80. The molecule has 0 bridgehead atoms. The molecule has 2 aliphatic rings. The van der Waals surface area contributed by atoms with E-state index in [1.807, 2.05) is 18.2 Å². The minimum Gasteiger partial charge on any atom is -0.486 e. The first kappa shape index (κ1) is 17.4. The molecule has 0 radical (unpaired) electrons. The van der Waals surface area contributed by atoms with Gasteiger partial charge >= 0.3 is 0 Å². The van der Waals surface area contributed by atoms with E-state index >= 15 is 0 Å². The Bertz CT molecular complexity index is 933. The maximum atomic E-state index is 12.7. The molecule has 7 nitrogen and oxygen atoms in total. The van der Waals surface area contributed by atoms with E-state index in [0.717, 1.165) is 0 Å². The lowest BCUT2D eigenvalue weighted by Crippen LogP contribution is -2.40. The summed E-state index contributed by atoms with van der Waals surface area (Å²) < 4.78 is 50.6. The standard InChI is InChI=1S/C17H16BrNO6S/c18-12-7-15-16(23-6-5-22-15)8-17(12)26(20,21)19-9-11-10-24-13-3-1-2-4-14(13)25-11/h1-4,7-8,11,19H,5-6,9-10H2/t11-/m0/s1. The SMILES string of the molecule is O=S(=O)(NC[C@H]1COc2ccccc2O1)c1cc2c(cc1Br)OCCO2. The van der Waals surface area contributed by atoms with Crippen molar-refractivity contribution in [2.24, 2.45) is 0 Å². The molecule has 1 N–H and O–H groups in total. The van der Waals surface area contributed by atoms with Gasteiger partial charge in [0.25, 0.3) is 0 Å². The molecular weight excluding hydrogens is 426 g/mol. The van der Waals surface area contributed by atoms with E-state index < -0.39 is 16.1 Å². The molecule has 0 spiro atoms. The van der Waals surface area contributed by atoms with Crippen molar-refractivity contribution < 1.29 is 27.4 Å². The summed E-state index contributed by atoms with van der Waals surface area (Å²) in [5.41, 5.74) is 0. The summed E-state index contributed by atoms with van der Waals surface area (Å²) in [5.74, 6) is 2.18. The van der Waals surface area contributed by atoms with Gasteiger partial charge in [-0.3, -0.25) is 0 Å². The topological polar surface area (TPSA) is 83.1 Å². The van der Waals surface area contributed by atoms with Crippen LogP contribution in [0.1, 0.15) is 0 Å². The van der Waals surface area contributed by atoms with Crippen molar-refractivity contribution in [1.29, 1.82) is 0 Å². The van der Waals surface area contributed by atoms with Crippen molar-refractivity contribution in [3.8, 4) is 23.0 Å². The molecule has 2 aromatic rings. The summed E-state index contributed by atoms with van der Waals surface area (Å²) in [7, 11) is -3.77. The Labute approximate surface area is 159 Å². The van der Waals surface area contributed by atoms with Crippen LogP contribution < -0.4 is 23.7 Å². The van der Waals surface area contributed by atoms with E-state index in [1.165, 1.54) is 6.07 Å². The van der Waals surface area contributed by atoms with Crippen molar-refractivity contribution in [1.82, 2.24) is 4.72 Å². The number of benzene rings is 2. The number of hydrogen-bond donors (Lipinski definition) is 1. The van der Waals surface area contributed by atoms with Gasteiger partial charge in [-0.2, -0.15) is 0 Å². The summed E-state index contributed by atoms with van der Waals surface area (Å²) >= 11 is 3.29. The molecule has 4 rings (SSSR count). The number of sulfonamides is 1. The number of nitrogens with one attached hydrogen (secondary N) is 1. The number of hydrogen-bond acceptors (Lipinski definition) is 6. The van der Waals surface area contributed by atoms with Gasteiger partial charge in [-0.15, -0.1) is 0 Å². The molecule has 0 unspecified atom stereocenters. The average molecular weight is 442 g/mol. The van der Waals surface area contributed by atoms with Crippen molar-refractivity contribution in [2.75, 3.05) is 26.4 Å². The highest BCUT2D eigenvalue weighted by Gasteiger charge is 2.26. The number of halogens is 1. The van der Waals surface area contributed by atoms with Crippen LogP contribution in [0.5, 0.6) is 23.0 Å². The smallest absolute Gasteiger partial charge is 0.241 e. The molecule has 0 amide bonds. The second-order valence-electron chi connectivity index (χ2n) is 5.78. The van der Waals surface area contributed by atoms with Gasteiger partial charge in [-0.1, -0.05) is 12.1 Å². The summed E-state index contributed by atoms with van der Waals surface area (Å²) in [6, 6.07) is 10.3. The molecule has 2 aliphatic heterocycles. The van der Waals surface area contributed by atoms with Crippen LogP contribution in [0, 0.1) is 0 Å². The van der Waals surface area contributed by atoms with Crippen molar-refractivity contribution in [2.45, 2.75) is 11.0 Å². The zero-order valence-electron chi connectivity index (χ0n) is 13.6. The van der Waals surface area contributed by atoms with Gasteiger partial charge in [0.1, 0.15) is 30.8 Å². The molecule has 2 heterocycles. The molecule has 0 fully saturated rings. The second-order valence-corrected chi connectivity index (χ2v) is 8.37. The van der Waals surface area contributed by atoms with Gasteiger partial charge in [-0.25, -0.2) is 13.1 Å². The van der Waals surface area contributed by atoms with E-state index in [4.69, 9.17) is 18.9 Å². The molecule has 1 atom stereocenters. The van der Waals surface area contributed by atoms with E-state index in [0.29, 0.717) is 40.7 Å². The van der Waals surface area contributed by atoms with Gasteiger partial charge in [0, 0.05) is 10.5 Å². The third-order valence-electron chi connectivity index (χ3n) is 3.95. The molecule has 138 valence electrons. The lowest BCUT2D eigenvalue weighted by atomic mass is 10.2. The number of ether oxygens (including phenoxy) is 4. The Morgan fingerprint density at radius 2 is 1.69 bits per heavy atom. The Balaban J connectivity index is 1.48. The second kappa shape index (κ2) is 6.98. The van der Waals surface area contributed by atoms with Crippen LogP contribution in [-0.2, 0) is 10.0 Å². The molecule has 0 aromatic heterocycles. The number of para-hydroxylation sites is 2. The Kier molecular flexibility index (Phi) is 4.68. The van der Waals surface area contributed by atoms with Crippen LogP contribution in [0.25, 0.3) is 0 Å². The number of rotatable bonds is 4. The van der Waals surface area contributed by atoms with E-state index in [-0.39, 0.29) is 18.0 Å². The average Bonchev–Trinajstić information content (AvgIpc) is 2.65. The van der Waals surface area contributed by atoms with Crippen LogP contribution in [0.3, 0.4) is 0 Å². The van der Waals surface area contributed by atoms with Gasteiger partial charge in [0.15, 0.2) is 23.0 Å². The fraction of sp³-hybridized carbons (Fsp3) is 0.294. The largest absolute Gasteiger partial charge is 0.486 e. The Morgan fingerprint density at radius 3 is 2.46 bits per heavy atom. The monoisotopic (exact) mass is 441 g/mol. The lowest BCUT2D eigenvalue weighted by molar-refractivity contribution is 0.0943. The van der Waals surface area contributed by atoms with Crippen molar-refractivity contribution >= 4 is 26.0 Å². The van der Waals surface area contributed by atoms with Gasteiger partial charge < -0.3 is 18.9 Å². The summed E-state index contributed by atoms with van der Waals surface area (Å²) in [4.78, 5) is 0.0823. The van der Waals surface area contributed by atoms with Crippen LogP contribution in [0.15, 0.2) is 45.8 Å². The third kappa shape index (κ3) is 3.46. The van der Waals surface area contributed by atoms with Crippen LogP contribution >= 0.6 is 15.9 Å². The normalized spacial score (nSPS) is 18.4. The highest BCUT2D eigenvalue weighted by Crippen LogP contribution is 2.37. The first-order valence-corrected chi connectivity index (χ1v) is 10.3. The maximum absolute atomic E-state index is 12.7. The zero-order chi connectivity index (χ0) is 18.1. The fourth-order valence-electron chi connectivity index (χ4n) is 2.70. The predicted molar refractivity (Wildman–Crippen MR) is 96.7 cm³/mol. The highest BCUT2D eigenvalue weighted by molar-refractivity contribution is 9.10. The third-order valence-corrected chi connectivity index (χ3v) is 6.34. The maximum Gasteiger partial charge on any atom is 0.241 e. The van der Waals surface area contributed by atoms with Gasteiger partial charge in [-0.05, 0) is 34.1 Å². The van der Waals surface area contributed by atoms with Crippen LogP contribution in [0.4, 0.5) is 0 Å². The van der Waals surface area contributed by atoms with Gasteiger partial charge in [0.2, 0.25) is 10.0 Å². The molecule has 9 heteroatoms. The zero-order valence-corrected chi connectivity index (χ0v) is 16.0. The molecule has 0 saturated carbocycles. The van der Waals surface area contributed by atoms with E-state index in [9.17, 15) is 8.42 Å². The van der Waals surface area contributed by atoms with E-state index in [1.54, 1.807) is 12.1 Å². The first-order valence-electron chi connectivity index (χ1n) is 8.00. The lowest BCUT2D eigenvalue weighted by Gasteiger charge is -2.26. The molecule has 0 saturated heterocycles. The Hall–Kier alpha value is -1.97. The minimum atomic E-state index is -3.77. The molecule has 0 aliphatic carbocycles. The van der Waals surface area contributed by atoms with Gasteiger partial charge in [0.05, 0.1) is 6.54 Å². The molecule has 2 aromatic carbocycles. The molecule has 26 heavy (non-hydrogen) atoms. The summed E-state index contributed by atoms with van der Waals surface area (Å²) in [5, 5.41) is 0. The van der Waals surface area contributed by atoms with Crippen molar-refractivity contribution in [3.05, 3.63) is 40.9 Å². The Morgan fingerprint density at radius 1 is 1.00 bits per heavy atom. The summed E-state index contributed by atoms with van der Waals surface area (Å²) in [6.45, 7) is 1.16. The van der Waals surface area contributed by atoms with Crippen molar-refractivity contribution in [3.63, 3.8) is 0 Å². The summed E-state index contributed by atoms with van der Waals surface area (Å²) in [6.07, 6.45) is -0.421. The van der Waals surface area contributed by atoms with Crippen LogP contribution in [0.2, 0.25) is 0 Å². The quantitative estimate of drug-likeness (QED) is 0.783.